The third-order valence-corrected chi connectivity index (χ3v) is 17.6. The zero-order valence-corrected chi connectivity index (χ0v) is 57.9. The lowest BCUT2D eigenvalue weighted by Crippen LogP contribution is -2.65. The molecule has 12 rings (SSSR count). The second kappa shape index (κ2) is 34.0. The van der Waals surface area contributed by atoms with Crippen LogP contribution in [0.5, 0.6) is 0 Å². The first-order valence-corrected chi connectivity index (χ1v) is 34.1. The largest absolute Gasteiger partial charge is 0.463 e. The number of ether oxygens (including phenoxy) is 20. The Labute approximate surface area is 595 Å². The second-order valence-corrected chi connectivity index (χ2v) is 26.3. The van der Waals surface area contributed by atoms with E-state index in [-0.39, 0.29) is 43.1 Å². The fourth-order valence-electron chi connectivity index (χ4n) is 13.1. The first-order valence-electron chi connectivity index (χ1n) is 34.1. The van der Waals surface area contributed by atoms with Crippen LogP contribution in [0.1, 0.15) is 96.2 Å². The normalized spacial score (nSPS) is 30.4. The maximum Gasteiger partial charge on any atom is 0.338 e. The Kier molecular flexibility index (Phi) is 24.5. The van der Waals surface area contributed by atoms with Gasteiger partial charge in [0, 0.05) is 20.8 Å². The van der Waals surface area contributed by atoms with E-state index in [0.717, 1.165) is 37.5 Å². The molecule has 6 aliphatic heterocycles. The Morgan fingerprint density at radius 3 is 1.21 bits per heavy atom. The summed E-state index contributed by atoms with van der Waals surface area (Å²) in [7, 11) is 0. The third-order valence-electron chi connectivity index (χ3n) is 17.6. The van der Waals surface area contributed by atoms with Gasteiger partial charge >= 0.3 is 35.8 Å². The molecule has 0 N–H and O–H groups in total. The first kappa shape index (κ1) is 74.3. The maximum atomic E-state index is 14.4. The topological polar surface area (TPSA) is 287 Å². The van der Waals surface area contributed by atoms with Crippen LogP contribution in [0.4, 0.5) is 0 Å². The van der Waals surface area contributed by atoms with Crippen molar-refractivity contribution in [2.75, 3.05) is 26.4 Å². The monoisotopic (exact) mass is 1420 g/mol. The van der Waals surface area contributed by atoms with E-state index >= 15 is 0 Å². The molecule has 0 saturated carbocycles. The van der Waals surface area contributed by atoms with Gasteiger partial charge in [0.15, 0.2) is 61.2 Å². The van der Waals surface area contributed by atoms with Crippen LogP contribution in [0.25, 0.3) is 0 Å². The fourth-order valence-corrected chi connectivity index (χ4v) is 13.1. The highest BCUT2D eigenvalue weighted by Crippen LogP contribution is 2.45. The molecule has 26 heteroatoms. The van der Waals surface area contributed by atoms with Gasteiger partial charge in [0.25, 0.3) is 0 Å². The van der Waals surface area contributed by atoms with Gasteiger partial charge in [0.1, 0.15) is 80.4 Å². The summed E-state index contributed by atoms with van der Waals surface area (Å²) in [5, 5.41) is 0. The SMILES string of the molecule is CC(=O)OC[C@H]1O[C@@H](OC[C@H]2O[C@@H](OC[C@H]3O[C@@H]4OC(C)(C)O[C@@H]4[C@H]4OC(C)(C)O[C@H]43)[C@H](OCc3ccccc3)[C@@H](OCc3ccccc3)[C@H]2OCc2ccccc2)[C@H](OC(C)=O)[C@@H](O[C@@H]2O[C@@H](COC(=O)c3ccccc3)[C@H](OC(=O)c3ccccc3)[C@H]2OC(=O)c2ccccc2)[C@H]1OC(C)=O. The number of fused-ring (bicyclic) bond motifs is 3. The highest BCUT2D eigenvalue weighted by Gasteiger charge is 2.62. The molecule has 0 aliphatic carbocycles. The average Bonchev–Trinajstić information content (AvgIpc) is 1.65. The van der Waals surface area contributed by atoms with Crippen LogP contribution in [0.3, 0.4) is 0 Å². The Balaban J connectivity index is 0.919. The summed E-state index contributed by atoms with van der Waals surface area (Å²) in [6.45, 7) is 8.64. The number of esters is 6. The zero-order chi connectivity index (χ0) is 72.2. The quantitative estimate of drug-likeness (QED) is 0.0328. The number of hydrogen-bond acceptors (Lipinski definition) is 26. The van der Waals surface area contributed by atoms with Gasteiger partial charge in [-0.25, -0.2) is 14.4 Å². The molecule has 6 aromatic rings. The first-order chi connectivity index (χ1) is 49.7. The summed E-state index contributed by atoms with van der Waals surface area (Å²) in [5.41, 5.74) is 2.71. The molecule has 0 spiro atoms. The Hall–Kier alpha value is -8.42. The van der Waals surface area contributed by atoms with Gasteiger partial charge in [0.05, 0.1) is 49.7 Å². The van der Waals surface area contributed by atoms with Crippen molar-refractivity contribution in [3.05, 3.63) is 215 Å². The molecule has 0 bridgehead atoms. The van der Waals surface area contributed by atoms with Gasteiger partial charge in [0.2, 0.25) is 0 Å². The van der Waals surface area contributed by atoms with Crippen molar-refractivity contribution < 1.29 is 124 Å². The molecule has 0 amide bonds. The van der Waals surface area contributed by atoms with Crippen molar-refractivity contribution in [3.8, 4) is 0 Å². The van der Waals surface area contributed by atoms with Crippen LogP contribution >= 0.6 is 0 Å². The zero-order valence-electron chi connectivity index (χ0n) is 57.9. The summed E-state index contributed by atoms with van der Waals surface area (Å²) < 4.78 is 131. The van der Waals surface area contributed by atoms with E-state index in [0.29, 0.717) is 0 Å². The van der Waals surface area contributed by atoms with E-state index in [4.69, 9.17) is 94.7 Å². The Morgan fingerprint density at radius 1 is 0.320 bits per heavy atom. The molecule has 6 saturated heterocycles. The van der Waals surface area contributed by atoms with E-state index in [9.17, 15) is 28.8 Å². The van der Waals surface area contributed by atoms with Crippen molar-refractivity contribution in [2.45, 2.75) is 197 Å². The standard InChI is InChI=1S/C77H84O26/c1-45(78)84-41-55-59(91-46(2)79)63(99-74-66(98-71(83)53-36-24-13-25-37-53)60(97-70(82)52-34-22-12-23-35-52)56(95-74)42-88-69(81)51-32-20-11-21-33-51)67(92-47(3)80)73(94-55)90-43-54-58(85-38-48-26-14-8-15-27-48)62(86-39-49-28-16-9-17-29-49)65(87-40-50-30-18-10-19-31-50)72(93-54)89-44-57-61-64(101-76(4,5)100-61)68-75(96-57)103-77(6,7)102-68/h8-37,54-68,72-75H,38-44H2,1-7H3/t54-,55-,56+,57-,58+,59+,60+,61+,62+,63+,64+,65-,66-,67-,68-,72-,73-,74+,75-/m1/s1. The molecule has 6 aliphatic rings. The highest BCUT2D eigenvalue weighted by molar-refractivity contribution is 5.91. The van der Waals surface area contributed by atoms with Gasteiger partial charge in [-0.3, -0.25) is 14.4 Å². The van der Waals surface area contributed by atoms with Crippen LogP contribution in [0.15, 0.2) is 182 Å². The lowest BCUT2D eigenvalue weighted by molar-refractivity contribution is -0.357. The van der Waals surface area contributed by atoms with E-state index < -0.39 is 184 Å². The molecular weight excluding hydrogens is 1340 g/mol. The number of rotatable bonds is 28. The van der Waals surface area contributed by atoms with Crippen molar-refractivity contribution in [1.82, 2.24) is 0 Å². The average molecular weight is 1430 g/mol. The van der Waals surface area contributed by atoms with Crippen LogP contribution in [0.2, 0.25) is 0 Å². The van der Waals surface area contributed by atoms with Crippen molar-refractivity contribution in [3.63, 3.8) is 0 Å². The summed E-state index contributed by atoms with van der Waals surface area (Å²) in [6.07, 6.45) is -25.0. The third kappa shape index (κ3) is 19.1. The van der Waals surface area contributed by atoms with Gasteiger partial charge < -0.3 is 94.7 Å². The Morgan fingerprint density at radius 2 is 0.699 bits per heavy atom. The molecule has 0 unspecified atom stereocenters. The van der Waals surface area contributed by atoms with Crippen LogP contribution in [0, 0.1) is 0 Å². The second-order valence-electron chi connectivity index (χ2n) is 26.3. The molecule has 26 nitrogen and oxygen atoms in total. The minimum Gasteiger partial charge on any atom is -0.463 e. The molecule has 6 heterocycles. The molecular formula is C77H84O26. The summed E-state index contributed by atoms with van der Waals surface area (Å²) in [4.78, 5) is 82.5. The van der Waals surface area contributed by atoms with E-state index in [1.54, 1.807) is 82.3 Å². The van der Waals surface area contributed by atoms with E-state index in [2.05, 4.69) is 0 Å². The molecule has 6 fully saturated rings. The summed E-state index contributed by atoms with van der Waals surface area (Å²) >= 11 is 0. The smallest absolute Gasteiger partial charge is 0.338 e. The molecule has 6 aromatic carbocycles. The highest BCUT2D eigenvalue weighted by atomic mass is 16.9. The number of carbonyl (C=O) groups excluding carboxylic acids is 6. The van der Waals surface area contributed by atoms with Crippen LogP contribution < -0.4 is 0 Å². The summed E-state index contributed by atoms with van der Waals surface area (Å²) in [6, 6.07) is 52.2. The van der Waals surface area contributed by atoms with Crippen LogP contribution in [-0.2, 0) is 129 Å². The minimum absolute atomic E-state index is 0.00647. The molecule has 548 valence electrons. The lowest BCUT2D eigenvalue weighted by atomic mass is 9.96. The predicted molar refractivity (Wildman–Crippen MR) is 356 cm³/mol. The van der Waals surface area contributed by atoms with Gasteiger partial charge in [-0.1, -0.05) is 146 Å². The Bertz CT molecular complexity index is 3760. The molecule has 0 aromatic heterocycles. The predicted octanol–water partition coefficient (Wildman–Crippen LogP) is 8.47. The number of carbonyl (C=O) groups is 6. The lowest BCUT2D eigenvalue weighted by Gasteiger charge is -2.48. The number of benzene rings is 6. The van der Waals surface area contributed by atoms with Crippen molar-refractivity contribution >= 4 is 35.8 Å². The number of hydrogen-bond donors (Lipinski definition) is 0. The molecule has 103 heavy (non-hydrogen) atoms. The van der Waals surface area contributed by atoms with E-state index in [1.807, 2.05) is 91.0 Å². The van der Waals surface area contributed by atoms with Crippen molar-refractivity contribution in [2.24, 2.45) is 0 Å². The summed E-state index contributed by atoms with van der Waals surface area (Å²) in [5.74, 6) is -7.30. The minimum atomic E-state index is -1.89. The van der Waals surface area contributed by atoms with E-state index in [1.165, 1.54) is 36.4 Å². The fraction of sp³-hybridized carbons (Fsp3) is 0.455. The van der Waals surface area contributed by atoms with Gasteiger partial charge in [-0.05, 0) is 80.8 Å². The van der Waals surface area contributed by atoms with Crippen LogP contribution in [-0.4, -0.2) is 191 Å². The molecule has 19 atom stereocenters. The maximum absolute atomic E-state index is 14.4. The molecule has 0 radical (unpaired) electrons. The van der Waals surface area contributed by atoms with Crippen molar-refractivity contribution in [1.29, 1.82) is 0 Å². The van der Waals surface area contributed by atoms with Gasteiger partial charge in [-0.15, -0.1) is 0 Å². The van der Waals surface area contributed by atoms with Gasteiger partial charge in [-0.2, -0.15) is 0 Å².